The van der Waals surface area contributed by atoms with Gasteiger partial charge in [0.15, 0.2) is 0 Å². The van der Waals surface area contributed by atoms with Crippen LogP contribution < -0.4 is 31.9 Å². The minimum atomic E-state index is -0.535. The maximum absolute atomic E-state index is 4.09. The molecule has 7 aromatic carbocycles. The maximum atomic E-state index is 4.09. The molecular formula is C50H50N2P2. The quantitative estimate of drug-likeness (QED) is 0.0858. The summed E-state index contributed by atoms with van der Waals surface area (Å²) >= 11 is 0. The van der Waals surface area contributed by atoms with E-state index in [2.05, 4.69) is 217 Å². The Kier molecular flexibility index (Phi) is 14.0. The molecule has 0 heterocycles. The van der Waals surface area contributed by atoms with Crippen LogP contribution in [0.25, 0.3) is 0 Å². The second kappa shape index (κ2) is 20.1. The first-order valence-electron chi connectivity index (χ1n) is 19.1. The average molecular weight is 741 g/mol. The molecule has 270 valence electrons. The Hall–Kier alpha value is -4.68. The summed E-state index contributed by atoms with van der Waals surface area (Å²) in [5.74, 6) is 0. The van der Waals surface area contributed by atoms with Gasteiger partial charge in [0, 0.05) is 25.2 Å². The molecule has 0 aliphatic heterocycles. The lowest BCUT2D eigenvalue weighted by Crippen LogP contribution is -2.37. The van der Waals surface area contributed by atoms with Gasteiger partial charge in [-0.15, -0.1) is 0 Å². The summed E-state index contributed by atoms with van der Waals surface area (Å²) in [6.07, 6.45) is 4.11. The van der Waals surface area contributed by atoms with Gasteiger partial charge in [0.2, 0.25) is 0 Å². The van der Waals surface area contributed by atoms with Gasteiger partial charge in [-0.25, -0.2) is 0 Å². The molecule has 0 amide bonds. The average Bonchev–Trinajstić information content (AvgIpc) is 3.25. The van der Waals surface area contributed by atoms with Crippen molar-refractivity contribution >= 4 is 37.1 Å². The Morgan fingerprint density at radius 2 is 0.574 bits per heavy atom. The fourth-order valence-electron chi connectivity index (χ4n) is 7.20. The summed E-state index contributed by atoms with van der Waals surface area (Å²) in [6, 6.07) is 76.1. The topological polar surface area (TPSA) is 24.1 Å². The van der Waals surface area contributed by atoms with Crippen molar-refractivity contribution in [1.29, 1.82) is 0 Å². The van der Waals surface area contributed by atoms with Gasteiger partial charge in [0.1, 0.15) is 0 Å². The smallest absolute Gasteiger partial charge is 0.0211 e. The Labute approximate surface area is 325 Å². The Morgan fingerprint density at radius 1 is 0.315 bits per heavy atom. The lowest BCUT2D eigenvalue weighted by molar-refractivity contribution is 0.533. The highest BCUT2D eigenvalue weighted by Crippen LogP contribution is 2.36. The molecule has 0 fully saturated rings. The van der Waals surface area contributed by atoms with Crippen LogP contribution >= 0.6 is 15.8 Å². The SMILES string of the molecule is c1ccc(C[C@H](CP(c2ccccc2)c2ccccc2)NCc2ccccc2CN[C@H](Cc2ccccc2)CP(c2ccccc2)c2ccccc2)cc1. The fraction of sp³-hybridized carbons (Fsp3) is 0.160. The number of hydrogen-bond donors (Lipinski definition) is 2. The van der Waals surface area contributed by atoms with Gasteiger partial charge in [-0.2, -0.15) is 0 Å². The number of hydrogen-bond acceptors (Lipinski definition) is 2. The van der Waals surface area contributed by atoms with Crippen LogP contribution in [0.5, 0.6) is 0 Å². The monoisotopic (exact) mass is 740 g/mol. The first kappa shape index (κ1) is 37.6. The van der Waals surface area contributed by atoms with E-state index in [-0.39, 0.29) is 0 Å². The van der Waals surface area contributed by atoms with Crippen LogP contribution in [0.4, 0.5) is 0 Å². The zero-order chi connectivity index (χ0) is 36.6. The summed E-state index contributed by atoms with van der Waals surface area (Å²) < 4.78 is 0. The predicted molar refractivity (Wildman–Crippen MR) is 236 cm³/mol. The molecule has 54 heavy (non-hydrogen) atoms. The van der Waals surface area contributed by atoms with Crippen molar-refractivity contribution in [1.82, 2.24) is 10.6 Å². The summed E-state index contributed by atoms with van der Waals surface area (Å²) in [6.45, 7) is 1.65. The zero-order valence-corrected chi connectivity index (χ0v) is 32.7. The Balaban J connectivity index is 1.11. The summed E-state index contributed by atoms with van der Waals surface area (Å²) in [5.41, 5.74) is 5.47. The van der Waals surface area contributed by atoms with Crippen molar-refractivity contribution in [3.05, 3.63) is 229 Å². The molecule has 2 atom stereocenters. The van der Waals surface area contributed by atoms with E-state index in [0.717, 1.165) is 38.3 Å². The van der Waals surface area contributed by atoms with Crippen LogP contribution in [-0.2, 0) is 25.9 Å². The second-order valence-corrected chi connectivity index (χ2v) is 18.4. The third-order valence-corrected chi connectivity index (χ3v) is 15.3. The van der Waals surface area contributed by atoms with Gasteiger partial charge in [0.25, 0.3) is 0 Å². The van der Waals surface area contributed by atoms with Gasteiger partial charge < -0.3 is 10.6 Å². The van der Waals surface area contributed by atoms with Gasteiger partial charge in [-0.1, -0.05) is 206 Å². The third kappa shape index (κ3) is 10.9. The minimum absolute atomic E-state index is 0.311. The van der Waals surface area contributed by atoms with Gasteiger partial charge in [-0.3, -0.25) is 0 Å². The van der Waals surface area contributed by atoms with E-state index in [9.17, 15) is 0 Å². The Bertz CT molecular complexity index is 1850. The van der Waals surface area contributed by atoms with Crippen molar-refractivity contribution in [2.75, 3.05) is 12.3 Å². The number of rotatable bonds is 18. The van der Waals surface area contributed by atoms with Crippen molar-refractivity contribution < 1.29 is 0 Å². The lowest BCUT2D eigenvalue weighted by atomic mass is 10.0. The van der Waals surface area contributed by atoms with Gasteiger partial charge >= 0.3 is 0 Å². The van der Waals surface area contributed by atoms with Crippen LogP contribution in [0.1, 0.15) is 22.3 Å². The summed E-state index contributed by atoms with van der Waals surface area (Å²) in [4.78, 5) is 0. The van der Waals surface area contributed by atoms with E-state index in [0.29, 0.717) is 12.1 Å². The van der Waals surface area contributed by atoms with Crippen LogP contribution in [0.15, 0.2) is 206 Å². The number of nitrogens with one attached hydrogen (secondary N) is 2. The fourth-order valence-corrected chi connectivity index (χ4v) is 12.2. The van der Waals surface area contributed by atoms with Crippen LogP contribution in [-0.4, -0.2) is 24.4 Å². The third-order valence-electron chi connectivity index (χ3n) is 10.0. The number of benzene rings is 7. The molecule has 2 N–H and O–H groups in total. The van der Waals surface area contributed by atoms with E-state index in [4.69, 9.17) is 0 Å². The minimum Gasteiger partial charge on any atom is -0.309 e. The molecular weight excluding hydrogens is 691 g/mol. The maximum Gasteiger partial charge on any atom is 0.0211 e. The Morgan fingerprint density at radius 3 is 0.870 bits per heavy atom. The molecule has 4 heteroatoms. The van der Waals surface area contributed by atoms with E-state index in [1.807, 2.05) is 0 Å². The first-order chi connectivity index (χ1) is 26.8. The van der Waals surface area contributed by atoms with Crippen LogP contribution in [0.2, 0.25) is 0 Å². The molecule has 0 unspecified atom stereocenters. The van der Waals surface area contributed by atoms with Crippen molar-refractivity contribution in [3.63, 3.8) is 0 Å². The zero-order valence-electron chi connectivity index (χ0n) is 30.9. The van der Waals surface area contributed by atoms with E-state index < -0.39 is 15.8 Å². The lowest BCUT2D eigenvalue weighted by Gasteiger charge is -2.28. The van der Waals surface area contributed by atoms with Crippen LogP contribution in [0.3, 0.4) is 0 Å². The van der Waals surface area contributed by atoms with Crippen molar-refractivity contribution in [2.45, 2.75) is 38.0 Å². The molecule has 0 aliphatic carbocycles. The van der Waals surface area contributed by atoms with E-state index in [1.165, 1.54) is 43.5 Å². The summed E-state index contributed by atoms with van der Waals surface area (Å²) in [5, 5.41) is 13.9. The van der Waals surface area contributed by atoms with Gasteiger partial charge in [0.05, 0.1) is 0 Å². The highest BCUT2D eigenvalue weighted by atomic mass is 31.1. The highest BCUT2D eigenvalue weighted by Gasteiger charge is 2.22. The standard InChI is InChI=1S/C50H50N2P2/c1-7-21-41(22-8-1)35-45(39-53(47-27-11-3-12-28-47)48-29-13-4-14-30-48)51-37-43-25-19-20-26-44(43)38-52-46(36-42-23-9-2-10-24-42)40-54(49-31-15-5-16-32-49)50-33-17-6-18-34-50/h1-34,45-46,51-52H,35-40H2/t45-,46-/m1/s1. The predicted octanol–water partition coefficient (Wildman–Crippen LogP) is 9.35. The molecule has 0 saturated carbocycles. The second-order valence-electron chi connectivity index (χ2n) is 13.9. The first-order valence-corrected chi connectivity index (χ1v) is 22.2. The van der Waals surface area contributed by atoms with Crippen molar-refractivity contribution in [2.24, 2.45) is 0 Å². The molecule has 0 radical (unpaired) electrons. The van der Waals surface area contributed by atoms with Gasteiger partial charge in [-0.05, 0) is 84.5 Å². The highest BCUT2D eigenvalue weighted by molar-refractivity contribution is 7.73. The normalized spacial score (nSPS) is 12.5. The van der Waals surface area contributed by atoms with E-state index in [1.54, 1.807) is 0 Å². The molecule has 0 aliphatic rings. The molecule has 7 aromatic rings. The van der Waals surface area contributed by atoms with E-state index >= 15 is 0 Å². The molecule has 0 aromatic heterocycles. The molecule has 0 saturated heterocycles. The molecule has 0 bridgehead atoms. The molecule has 2 nitrogen and oxygen atoms in total. The molecule has 7 rings (SSSR count). The van der Waals surface area contributed by atoms with Crippen LogP contribution in [0, 0.1) is 0 Å². The largest absolute Gasteiger partial charge is 0.309 e. The molecule has 0 spiro atoms. The summed E-state index contributed by atoms with van der Waals surface area (Å²) in [7, 11) is -1.07. The van der Waals surface area contributed by atoms with Crippen molar-refractivity contribution in [3.8, 4) is 0 Å².